The van der Waals surface area contributed by atoms with Crippen LogP contribution in [0, 0.1) is 0 Å². The van der Waals surface area contributed by atoms with Crippen molar-refractivity contribution in [2.75, 3.05) is 26.2 Å². The van der Waals surface area contributed by atoms with Gasteiger partial charge >= 0.3 is 0 Å². The first-order valence-corrected chi connectivity index (χ1v) is 4.20. The molecule has 11 heavy (non-hydrogen) atoms. The average molecular weight is 172 g/mol. The summed E-state index contributed by atoms with van der Waals surface area (Å²) in [5.74, 6) is 0. The standard InChI is InChI=1S/C7H12N2OS/c11-6-9-2-1-7-5-8-3-4-10-7/h7-8H,1-5H2. The highest BCUT2D eigenvalue weighted by molar-refractivity contribution is 7.78. The maximum atomic E-state index is 5.44. The number of hydrogen-bond donors (Lipinski definition) is 1. The van der Waals surface area contributed by atoms with Crippen LogP contribution in [0.15, 0.2) is 4.99 Å². The maximum Gasteiger partial charge on any atom is 0.0718 e. The summed E-state index contributed by atoms with van der Waals surface area (Å²) in [7, 11) is 0. The van der Waals surface area contributed by atoms with Crippen molar-refractivity contribution in [1.29, 1.82) is 0 Å². The van der Waals surface area contributed by atoms with Crippen molar-refractivity contribution in [3.63, 3.8) is 0 Å². The molecule has 0 aliphatic carbocycles. The summed E-state index contributed by atoms with van der Waals surface area (Å²) in [6.45, 7) is 3.45. The predicted octanol–water partition coefficient (Wildman–Crippen LogP) is 0.468. The fourth-order valence-electron chi connectivity index (χ4n) is 1.06. The van der Waals surface area contributed by atoms with Crippen LogP contribution in [-0.2, 0) is 4.74 Å². The van der Waals surface area contributed by atoms with Gasteiger partial charge in [-0.3, -0.25) is 0 Å². The van der Waals surface area contributed by atoms with Gasteiger partial charge in [-0.15, -0.1) is 0 Å². The molecular formula is C7H12N2OS. The Labute approximate surface area is 71.8 Å². The fourth-order valence-corrected chi connectivity index (χ4v) is 1.15. The molecule has 0 aromatic rings. The molecule has 0 bridgehead atoms. The van der Waals surface area contributed by atoms with Crippen molar-refractivity contribution in [3.05, 3.63) is 0 Å². The number of ether oxygens (including phenoxy) is 1. The van der Waals surface area contributed by atoms with Crippen LogP contribution in [0.2, 0.25) is 0 Å². The molecule has 1 fully saturated rings. The molecule has 3 nitrogen and oxygen atoms in total. The van der Waals surface area contributed by atoms with E-state index in [2.05, 4.69) is 27.7 Å². The Morgan fingerprint density at radius 1 is 1.73 bits per heavy atom. The minimum Gasteiger partial charge on any atom is -0.376 e. The Hall–Kier alpha value is -0.280. The molecule has 0 radical (unpaired) electrons. The van der Waals surface area contributed by atoms with E-state index in [-0.39, 0.29) is 0 Å². The van der Waals surface area contributed by atoms with Crippen LogP contribution in [-0.4, -0.2) is 37.5 Å². The van der Waals surface area contributed by atoms with Gasteiger partial charge in [0.1, 0.15) is 0 Å². The molecular weight excluding hydrogens is 160 g/mol. The van der Waals surface area contributed by atoms with E-state index < -0.39 is 0 Å². The van der Waals surface area contributed by atoms with Crippen molar-refractivity contribution in [1.82, 2.24) is 5.32 Å². The molecule has 4 heteroatoms. The van der Waals surface area contributed by atoms with E-state index in [0.717, 1.165) is 32.7 Å². The van der Waals surface area contributed by atoms with Gasteiger partial charge in [0.15, 0.2) is 0 Å². The van der Waals surface area contributed by atoms with E-state index in [1.165, 1.54) is 0 Å². The van der Waals surface area contributed by atoms with Crippen molar-refractivity contribution < 1.29 is 4.74 Å². The Morgan fingerprint density at radius 2 is 2.64 bits per heavy atom. The molecule has 1 unspecified atom stereocenters. The summed E-state index contributed by atoms with van der Waals surface area (Å²) in [5, 5.41) is 5.59. The van der Waals surface area contributed by atoms with Gasteiger partial charge in [0.2, 0.25) is 0 Å². The number of rotatable bonds is 3. The predicted molar refractivity (Wildman–Crippen MR) is 47.1 cm³/mol. The third-order valence-corrected chi connectivity index (χ3v) is 1.76. The van der Waals surface area contributed by atoms with Crippen LogP contribution in [0.1, 0.15) is 6.42 Å². The summed E-state index contributed by atoms with van der Waals surface area (Å²) in [4.78, 5) is 3.82. The zero-order valence-electron chi connectivity index (χ0n) is 6.38. The third kappa shape index (κ3) is 3.58. The van der Waals surface area contributed by atoms with Gasteiger partial charge in [-0.05, 0) is 18.6 Å². The molecule has 0 aromatic carbocycles. The highest BCUT2D eigenvalue weighted by atomic mass is 32.1. The molecule has 1 saturated heterocycles. The zero-order valence-corrected chi connectivity index (χ0v) is 7.19. The normalized spacial score (nSPS) is 24.2. The van der Waals surface area contributed by atoms with Crippen molar-refractivity contribution in [3.8, 4) is 0 Å². The molecule has 0 spiro atoms. The van der Waals surface area contributed by atoms with E-state index >= 15 is 0 Å². The molecule has 0 amide bonds. The van der Waals surface area contributed by atoms with Crippen molar-refractivity contribution in [2.45, 2.75) is 12.5 Å². The lowest BCUT2D eigenvalue weighted by atomic mass is 10.2. The first kappa shape index (κ1) is 8.81. The lowest BCUT2D eigenvalue weighted by molar-refractivity contribution is 0.0253. The minimum atomic E-state index is 0.316. The number of nitrogens with zero attached hydrogens (tertiary/aromatic N) is 1. The van der Waals surface area contributed by atoms with Crippen molar-refractivity contribution in [2.24, 2.45) is 4.99 Å². The number of morpholine rings is 1. The zero-order chi connectivity index (χ0) is 7.94. The third-order valence-electron chi connectivity index (χ3n) is 1.63. The summed E-state index contributed by atoms with van der Waals surface area (Å²) < 4.78 is 5.44. The molecule has 62 valence electrons. The fraction of sp³-hybridized carbons (Fsp3) is 0.857. The quantitative estimate of drug-likeness (QED) is 0.496. The van der Waals surface area contributed by atoms with E-state index in [1.807, 2.05) is 0 Å². The summed E-state index contributed by atoms with van der Waals surface area (Å²) in [5.41, 5.74) is 0. The van der Waals surface area contributed by atoms with Gasteiger partial charge in [0.25, 0.3) is 0 Å². The highest BCUT2D eigenvalue weighted by Crippen LogP contribution is 2.00. The van der Waals surface area contributed by atoms with Crippen LogP contribution in [0.5, 0.6) is 0 Å². The largest absolute Gasteiger partial charge is 0.376 e. The number of thiocarbonyl (C=S) groups is 1. The molecule has 1 rings (SSSR count). The molecule has 0 saturated carbocycles. The number of hydrogen-bond acceptors (Lipinski definition) is 4. The molecule has 1 N–H and O–H groups in total. The number of aliphatic imine (C=N–C) groups is 1. The van der Waals surface area contributed by atoms with Gasteiger partial charge in [0.05, 0.1) is 24.4 Å². The Kier molecular flexibility index (Phi) is 4.31. The lowest BCUT2D eigenvalue weighted by Gasteiger charge is -2.22. The van der Waals surface area contributed by atoms with Crippen molar-refractivity contribution >= 4 is 17.4 Å². The van der Waals surface area contributed by atoms with Gasteiger partial charge < -0.3 is 10.1 Å². The van der Waals surface area contributed by atoms with Crippen LogP contribution in [0.25, 0.3) is 0 Å². The smallest absolute Gasteiger partial charge is 0.0718 e. The second kappa shape index (κ2) is 5.38. The van der Waals surface area contributed by atoms with Gasteiger partial charge in [-0.1, -0.05) is 0 Å². The Morgan fingerprint density at radius 3 is 3.27 bits per heavy atom. The Bertz CT molecular complexity index is 151. The van der Waals surface area contributed by atoms with Crippen LogP contribution in [0.3, 0.4) is 0 Å². The van der Waals surface area contributed by atoms with Crippen LogP contribution >= 0.6 is 12.2 Å². The van der Waals surface area contributed by atoms with Gasteiger partial charge in [0, 0.05) is 13.1 Å². The van der Waals surface area contributed by atoms with Gasteiger partial charge in [-0.2, -0.15) is 0 Å². The molecule has 1 heterocycles. The molecule has 1 atom stereocenters. The topological polar surface area (TPSA) is 33.6 Å². The first-order chi connectivity index (χ1) is 5.43. The van der Waals surface area contributed by atoms with Crippen LogP contribution in [0.4, 0.5) is 0 Å². The second-order valence-electron chi connectivity index (χ2n) is 2.46. The summed E-state index contributed by atoms with van der Waals surface area (Å²) in [6.07, 6.45) is 1.26. The number of isothiocyanates is 1. The molecule has 1 aliphatic rings. The molecule has 1 aliphatic heterocycles. The molecule has 0 aromatic heterocycles. The lowest BCUT2D eigenvalue weighted by Crippen LogP contribution is -2.38. The van der Waals surface area contributed by atoms with E-state index in [0.29, 0.717) is 6.10 Å². The van der Waals surface area contributed by atoms with E-state index in [1.54, 1.807) is 0 Å². The second-order valence-corrected chi connectivity index (χ2v) is 2.64. The minimum absolute atomic E-state index is 0.316. The average Bonchev–Trinajstić information content (AvgIpc) is 2.07. The monoisotopic (exact) mass is 172 g/mol. The maximum absolute atomic E-state index is 5.44. The summed E-state index contributed by atoms with van der Waals surface area (Å²) >= 11 is 4.45. The summed E-state index contributed by atoms with van der Waals surface area (Å²) in [6, 6.07) is 0. The van der Waals surface area contributed by atoms with E-state index in [9.17, 15) is 0 Å². The van der Waals surface area contributed by atoms with Gasteiger partial charge in [-0.25, -0.2) is 4.99 Å². The number of nitrogens with one attached hydrogen (secondary N) is 1. The Balaban J connectivity index is 2.09. The highest BCUT2D eigenvalue weighted by Gasteiger charge is 2.11. The SMILES string of the molecule is S=C=NCCC1CNCCO1. The first-order valence-electron chi connectivity index (χ1n) is 3.79. The van der Waals surface area contributed by atoms with Crippen LogP contribution < -0.4 is 5.32 Å². The van der Waals surface area contributed by atoms with E-state index in [4.69, 9.17) is 4.74 Å².